The van der Waals surface area contributed by atoms with Crippen LogP contribution in [0.3, 0.4) is 0 Å². The zero-order chi connectivity index (χ0) is 17.8. The van der Waals surface area contributed by atoms with Gasteiger partial charge in [0.1, 0.15) is 0 Å². The van der Waals surface area contributed by atoms with Crippen molar-refractivity contribution in [3.8, 4) is 0 Å². The SMILES string of the molecule is O=C(c1c[nH]c2ccccc12)[C@H](NCCC1=CCN=C1)c1ccccc1. The van der Waals surface area contributed by atoms with Gasteiger partial charge in [-0.3, -0.25) is 9.79 Å². The van der Waals surface area contributed by atoms with E-state index < -0.39 is 0 Å². The molecule has 1 aliphatic rings. The fourth-order valence-electron chi connectivity index (χ4n) is 3.36. The number of aliphatic imine (C=N–C) groups is 1. The molecule has 0 fully saturated rings. The van der Waals surface area contributed by atoms with Crippen LogP contribution in [0.2, 0.25) is 0 Å². The van der Waals surface area contributed by atoms with Crippen molar-refractivity contribution < 1.29 is 4.79 Å². The number of para-hydroxylation sites is 1. The molecule has 0 bridgehead atoms. The summed E-state index contributed by atoms with van der Waals surface area (Å²) in [6.45, 7) is 1.50. The summed E-state index contributed by atoms with van der Waals surface area (Å²) < 4.78 is 0. The molecule has 3 aromatic rings. The Hall–Kier alpha value is -2.98. The molecule has 1 aliphatic heterocycles. The van der Waals surface area contributed by atoms with E-state index in [0.717, 1.165) is 41.5 Å². The minimum Gasteiger partial charge on any atom is -0.360 e. The Kier molecular flexibility index (Phi) is 4.75. The lowest BCUT2D eigenvalue weighted by atomic mass is 9.96. The molecule has 2 aromatic carbocycles. The highest BCUT2D eigenvalue weighted by Gasteiger charge is 2.23. The van der Waals surface area contributed by atoms with Crippen molar-refractivity contribution in [2.45, 2.75) is 12.5 Å². The highest BCUT2D eigenvalue weighted by Crippen LogP contribution is 2.24. The molecule has 2 heterocycles. The van der Waals surface area contributed by atoms with E-state index in [1.165, 1.54) is 5.57 Å². The van der Waals surface area contributed by atoms with Gasteiger partial charge in [0.05, 0.1) is 12.6 Å². The van der Waals surface area contributed by atoms with E-state index in [2.05, 4.69) is 21.4 Å². The van der Waals surface area contributed by atoms with Crippen molar-refractivity contribution in [1.29, 1.82) is 0 Å². The number of carbonyl (C=O) groups excluding carboxylic acids is 1. The first-order valence-corrected chi connectivity index (χ1v) is 8.90. The molecule has 1 atom stereocenters. The molecule has 130 valence electrons. The highest BCUT2D eigenvalue weighted by atomic mass is 16.1. The van der Waals surface area contributed by atoms with Gasteiger partial charge >= 0.3 is 0 Å². The lowest BCUT2D eigenvalue weighted by Crippen LogP contribution is -2.29. The lowest BCUT2D eigenvalue weighted by molar-refractivity contribution is 0.0945. The van der Waals surface area contributed by atoms with Crippen LogP contribution >= 0.6 is 0 Å². The summed E-state index contributed by atoms with van der Waals surface area (Å²) in [6, 6.07) is 17.5. The number of nitrogens with zero attached hydrogens (tertiary/aromatic N) is 1. The predicted molar refractivity (Wildman–Crippen MR) is 106 cm³/mol. The van der Waals surface area contributed by atoms with Crippen LogP contribution in [0.1, 0.15) is 28.4 Å². The van der Waals surface area contributed by atoms with Crippen molar-refractivity contribution in [2.24, 2.45) is 4.99 Å². The first kappa shape index (κ1) is 16.5. The molecule has 0 aliphatic carbocycles. The summed E-state index contributed by atoms with van der Waals surface area (Å²) in [6.07, 6.45) is 6.73. The molecule has 4 nitrogen and oxygen atoms in total. The molecule has 0 saturated heterocycles. The fourth-order valence-corrected chi connectivity index (χ4v) is 3.36. The third-order valence-corrected chi connectivity index (χ3v) is 4.73. The zero-order valence-corrected chi connectivity index (χ0v) is 14.5. The van der Waals surface area contributed by atoms with Crippen molar-refractivity contribution in [2.75, 3.05) is 13.1 Å². The largest absolute Gasteiger partial charge is 0.360 e. The zero-order valence-electron chi connectivity index (χ0n) is 14.5. The molecule has 4 rings (SSSR count). The van der Waals surface area contributed by atoms with Crippen LogP contribution in [-0.4, -0.2) is 30.1 Å². The number of rotatable bonds is 7. The highest BCUT2D eigenvalue weighted by molar-refractivity contribution is 6.10. The third-order valence-electron chi connectivity index (χ3n) is 4.73. The van der Waals surface area contributed by atoms with Crippen LogP contribution < -0.4 is 5.32 Å². The van der Waals surface area contributed by atoms with Gasteiger partial charge in [-0.15, -0.1) is 0 Å². The van der Waals surface area contributed by atoms with Crippen LogP contribution in [0.5, 0.6) is 0 Å². The second-order valence-corrected chi connectivity index (χ2v) is 6.43. The van der Waals surface area contributed by atoms with Crippen molar-refractivity contribution >= 4 is 22.9 Å². The van der Waals surface area contributed by atoms with Gasteiger partial charge in [-0.2, -0.15) is 0 Å². The van der Waals surface area contributed by atoms with Crippen LogP contribution in [0, 0.1) is 0 Å². The Bertz CT molecular complexity index is 969. The molecule has 2 N–H and O–H groups in total. The molecular weight excluding hydrogens is 322 g/mol. The van der Waals surface area contributed by atoms with E-state index in [1.54, 1.807) is 0 Å². The van der Waals surface area contributed by atoms with E-state index in [-0.39, 0.29) is 11.8 Å². The number of fused-ring (bicyclic) bond motifs is 1. The standard InChI is InChI=1S/C22H21N3O/c26-22(19-15-25-20-9-5-4-8-18(19)20)21(17-6-2-1-3-7-17)24-13-11-16-10-12-23-14-16/h1-10,14-15,21,24-25H,11-13H2/t21-/m1/s1. The number of benzene rings is 2. The number of nitrogens with one attached hydrogen (secondary N) is 2. The number of hydrogen-bond acceptors (Lipinski definition) is 3. The summed E-state index contributed by atoms with van der Waals surface area (Å²) in [5.41, 5.74) is 3.92. The number of ketones is 1. The van der Waals surface area contributed by atoms with E-state index in [9.17, 15) is 4.79 Å². The quantitative estimate of drug-likeness (QED) is 0.635. The summed E-state index contributed by atoms with van der Waals surface area (Å²) in [5, 5.41) is 4.41. The summed E-state index contributed by atoms with van der Waals surface area (Å²) in [4.78, 5) is 20.7. The lowest BCUT2D eigenvalue weighted by Gasteiger charge is -2.18. The number of H-pyrrole nitrogens is 1. The Balaban J connectivity index is 1.59. The minimum absolute atomic E-state index is 0.0859. The van der Waals surface area contributed by atoms with Gasteiger partial charge < -0.3 is 10.3 Å². The van der Waals surface area contributed by atoms with Gasteiger partial charge in [0.15, 0.2) is 5.78 Å². The Morgan fingerprint density at radius 2 is 1.92 bits per heavy atom. The maximum Gasteiger partial charge on any atom is 0.186 e. The maximum absolute atomic E-state index is 13.3. The van der Waals surface area contributed by atoms with E-state index in [4.69, 9.17) is 0 Å². The monoisotopic (exact) mass is 343 g/mol. The Labute approximate surface area is 152 Å². The van der Waals surface area contributed by atoms with Crippen LogP contribution in [0.15, 0.2) is 77.4 Å². The second kappa shape index (κ2) is 7.50. The van der Waals surface area contributed by atoms with Crippen LogP contribution in [0.4, 0.5) is 0 Å². The van der Waals surface area contributed by atoms with Crippen molar-refractivity contribution in [3.05, 3.63) is 83.6 Å². The number of carbonyl (C=O) groups is 1. The molecule has 0 amide bonds. The van der Waals surface area contributed by atoms with Crippen molar-refractivity contribution in [3.63, 3.8) is 0 Å². The van der Waals surface area contributed by atoms with Crippen LogP contribution in [0.25, 0.3) is 10.9 Å². The number of aromatic amines is 1. The first-order chi connectivity index (χ1) is 12.8. The molecule has 0 saturated carbocycles. The number of aromatic nitrogens is 1. The number of Topliss-reactive ketones (excluding diaryl/α,β-unsaturated/α-hetero) is 1. The van der Waals surface area contributed by atoms with Gasteiger partial charge in [-0.1, -0.05) is 54.6 Å². The third kappa shape index (κ3) is 3.37. The summed E-state index contributed by atoms with van der Waals surface area (Å²) >= 11 is 0. The number of hydrogen-bond donors (Lipinski definition) is 2. The van der Waals surface area contributed by atoms with E-state index >= 15 is 0 Å². The fraction of sp³-hybridized carbons (Fsp3) is 0.182. The van der Waals surface area contributed by atoms with Gasteiger partial charge in [0.2, 0.25) is 0 Å². The smallest absolute Gasteiger partial charge is 0.186 e. The average Bonchev–Trinajstić information content (AvgIpc) is 3.35. The van der Waals surface area contributed by atoms with Crippen molar-refractivity contribution in [1.82, 2.24) is 10.3 Å². The summed E-state index contributed by atoms with van der Waals surface area (Å²) in [5.74, 6) is 0.0859. The van der Waals surface area contributed by atoms with E-state index in [1.807, 2.05) is 67.0 Å². The second-order valence-electron chi connectivity index (χ2n) is 6.43. The normalized spacial score (nSPS) is 14.5. The molecule has 1 aromatic heterocycles. The maximum atomic E-state index is 13.3. The topological polar surface area (TPSA) is 57.2 Å². The minimum atomic E-state index is -0.366. The molecular formula is C22H21N3O. The predicted octanol–water partition coefficient (Wildman–Crippen LogP) is 4.08. The molecule has 0 radical (unpaired) electrons. The molecule has 0 spiro atoms. The van der Waals surface area contributed by atoms with Gasteiger partial charge in [0.25, 0.3) is 0 Å². The van der Waals surface area contributed by atoms with Gasteiger partial charge in [-0.25, -0.2) is 0 Å². The Morgan fingerprint density at radius 3 is 2.73 bits per heavy atom. The molecule has 4 heteroatoms. The molecule has 26 heavy (non-hydrogen) atoms. The van der Waals surface area contributed by atoms with Gasteiger partial charge in [-0.05, 0) is 23.6 Å². The molecule has 0 unspecified atom stereocenters. The van der Waals surface area contributed by atoms with Crippen LogP contribution in [-0.2, 0) is 0 Å². The first-order valence-electron chi connectivity index (χ1n) is 8.90. The van der Waals surface area contributed by atoms with E-state index in [0.29, 0.717) is 0 Å². The average molecular weight is 343 g/mol. The van der Waals surface area contributed by atoms with Gasteiger partial charge in [0, 0.05) is 35.4 Å². The Morgan fingerprint density at radius 1 is 1.12 bits per heavy atom. The summed E-state index contributed by atoms with van der Waals surface area (Å²) in [7, 11) is 0.